The molecule has 1 fully saturated rings. The number of hydrogen-bond acceptors (Lipinski definition) is 3. The second-order valence-corrected chi connectivity index (χ2v) is 7.49. The van der Waals surface area contributed by atoms with Gasteiger partial charge in [0, 0.05) is 24.9 Å². The van der Waals surface area contributed by atoms with E-state index in [1.165, 1.54) is 12.1 Å². The number of imidazole rings is 1. The molecule has 3 aromatic rings. The van der Waals surface area contributed by atoms with E-state index in [0.717, 1.165) is 48.8 Å². The van der Waals surface area contributed by atoms with E-state index >= 15 is 0 Å². The highest BCUT2D eigenvalue weighted by Crippen LogP contribution is 2.32. The number of halogens is 1. The van der Waals surface area contributed by atoms with Crippen molar-refractivity contribution in [3.8, 4) is 5.82 Å². The molecule has 27 heavy (non-hydrogen) atoms. The van der Waals surface area contributed by atoms with Crippen LogP contribution in [0.3, 0.4) is 0 Å². The minimum Gasteiger partial charge on any atom is -0.291 e. The first kappa shape index (κ1) is 17.9. The van der Waals surface area contributed by atoms with Gasteiger partial charge in [0.25, 0.3) is 0 Å². The molecular weight excluding hydrogens is 339 g/mol. The maximum Gasteiger partial charge on any atom is 0.138 e. The number of aromatic nitrogens is 3. The maximum absolute atomic E-state index is 13.2. The Balaban J connectivity index is 1.59. The van der Waals surface area contributed by atoms with Crippen LogP contribution in [0, 0.1) is 5.82 Å². The Kier molecular flexibility index (Phi) is 5.03. The molecule has 4 rings (SSSR count). The molecule has 0 spiro atoms. The van der Waals surface area contributed by atoms with Crippen LogP contribution in [-0.2, 0) is 6.54 Å². The number of nitrogens with zero attached hydrogens (tertiary/aromatic N) is 4. The molecule has 0 aliphatic carbocycles. The summed E-state index contributed by atoms with van der Waals surface area (Å²) >= 11 is 0. The van der Waals surface area contributed by atoms with Crippen LogP contribution in [0.5, 0.6) is 0 Å². The van der Waals surface area contributed by atoms with Gasteiger partial charge in [-0.25, -0.2) is 14.4 Å². The Morgan fingerprint density at radius 1 is 1.15 bits per heavy atom. The summed E-state index contributed by atoms with van der Waals surface area (Å²) in [4.78, 5) is 11.9. The van der Waals surface area contributed by atoms with Gasteiger partial charge in [-0.1, -0.05) is 32.0 Å². The molecule has 1 aliphatic rings. The number of rotatable bonds is 5. The molecule has 1 unspecified atom stereocenters. The molecule has 2 aromatic heterocycles. The van der Waals surface area contributed by atoms with E-state index < -0.39 is 0 Å². The van der Waals surface area contributed by atoms with Crippen LogP contribution in [0.2, 0.25) is 0 Å². The molecule has 0 saturated carbocycles. The van der Waals surface area contributed by atoms with E-state index in [2.05, 4.69) is 40.4 Å². The van der Waals surface area contributed by atoms with Crippen LogP contribution < -0.4 is 0 Å². The fourth-order valence-corrected chi connectivity index (χ4v) is 3.87. The van der Waals surface area contributed by atoms with Crippen molar-refractivity contribution in [2.75, 3.05) is 6.54 Å². The molecule has 5 heteroatoms. The number of pyridine rings is 1. The minimum atomic E-state index is -0.188. The third kappa shape index (κ3) is 3.78. The molecule has 0 bridgehead atoms. The first-order valence-corrected chi connectivity index (χ1v) is 9.61. The smallest absolute Gasteiger partial charge is 0.138 e. The Bertz CT molecular complexity index is 901. The first-order valence-electron chi connectivity index (χ1n) is 9.61. The van der Waals surface area contributed by atoms with Crippen molar-refractivity contribution in [2.24, 2.45) is 0 Å². The lowest BCUT2D eigenvalue weighted by molar-refractivity contribution is 0.244. The minimum absolute atomic E-state index is 0.188. The lowest BCUT2D eigenvalue weighted by Gasteiger charge is -2.24. The van der Waals surface area contributed by atoms with Crippen LogP contribution in [0.1, 0.15) is 55.7 Å². The zero-order valence-electron chi connectivity index (χ0n) is 15.8. The summed E-state index contributed by atoms with van der Waals surface area (Å²) in [5.74, 6) is 2.09. The quantitative estimate of drug-likeness (QED) is 0.648. The van der Waals surface area contributed by atoms with Gasteiger partial charge >= 0.3 is 0 Å². The van der Waals surface area contributed by atoms with Gasteiger partial charge in [0.15, 0.2) is 0 Å². The van der Waals surface area contributed by atoms with Crippen molar-refractivity contribution in [1.82, 2.24) is 19.4 Å². The maximum atomic E-state index is 13.2. The number of hydrogen-bond donors (Lipinski definition) is 0. The molecule has 0 amide bonds. The molecule has 1 saturated heterocycles. The van der Waals surface area contributed by atoms with Crippen LogP contribution in [0.25, 0.3) is 5.82 Å². The monoisotopic (exact) mass is 364 g/mol. The Morgan fingerprint density at radius 2 is 1.96 bits per heavy atom. The molecule has 0 N–H and O–H groups in total. The average molecular weight is 364 g/mol. The average Bonchev–Trinajstić information content (AvgIpc) is 3.33. The van der Waals surface area contributed by atoms with Gasteiger partial charge in [-0.05, 0) is 49.2 Å². The summed E-state index contributed by atoms with van der Waals surface area (Å²) in [6.45, 7) is 6.14. The van der Waals surface area contributed by atoms with E-state index in [1.807, 2.05) is 30.6 Å². The van der Waals surface area contributed by atoms with E-state index in [4.69, 9.17) is 4.98 Å². The SMILES string of the molecule is CC(C)c1nccn1-c1cccc(C2CCCN2Cc2ccc(F)cc2)n1. The fourth-order valence-electron chi connectivity index (χ4n) is 3.87. The fraction of sp³-hybridized carbons (Fsp3) is 0.364. The highest BCUT2D eigenvalue weighted by Gasteiger charge is 2.27. The van der Waals surface area contributed by atoms with Crippen molar-refractivity contribution >= 4 is 0 Å². The second-order valence-electron chi connectivity index (χ2n) is 7.49. The third-order valence-electron chi connectivity index (χ3n) is 5.19. The molecule has 1 aromatic carbocycles. The molecule has 0 radical (unpaired) electrons. The van der Waals surface area contributed by atoms with Gasteiger partial charge in [0.05, 0.1) is 11.7 Å². The molecule has 1 aliphatic heterocycles. The predicted octanol–water partition coefficient (Wildman–Crippen LogP) is 4.87. The van der Waals surface area contributed by atoms with Gasteiger partial charge in [-0.15, -0.1) is 0 Å². The van der Waals surface area contributed by atoms with Gasteiger partial charge in [-0.3, -0.25) is 9.47 Å². The number of benzene rings is 1. The molecule has 140 valence electrons. The van der Waals surface area contributed by atoms with Crippen molar-refractivity contribution in [3.05, 3.63) is 77.8 Å². The topological polar surface area (TPSA) is 34.0 Å². The summed E-state index contributed by atoms with van der Waals surface area (Å²) in [6, 6.07) is 13.3. The van der Waals surface area contributed by atoms with Crippen molar-refractivity contribution in [2.45, 2.75) is 45.2 Å². The van der Waals surface area contributed by atoms with Crippen molar-refractivity contribution < 1.29 is 4.39 Å². The Morgan fingerprint density at radius 3 is 2.74 bits per heavy atom. The Labute approximate surface area is 159 Å². The van der Waals surface area contributed by atoms with Crippen LogP contribution in [-0.4, -0.2) is 26.0 Å². The van der Waals surface area contributed by atoms with Crippen LogP contribution in [0.15, 0.2) is 54.9 Å². The zero-order valence-corrected chi connectivity index (χ0v) is 15.8. The van der Waals surface area contributed by atoms with E-state index in [9.17, 15) is 4.39 Å². The Hall–Kier alpha value is -2.53. The third-order valence-corrected chi connectivity index (χ3v) is 5.19. The molecule has 3 heterocycles. The summed E-state index contributed by atoms with van der Waals surface area (Å²) in [7, 11) is 0. The van der Waals surface area contributed by atoms with E-state index in [0.29, 0.717) is 12.0 Å². The summed E-state index contributed by atoms with van der Waals surface area (Å²) in [5, 5.41) is 0. The molecular formula is C22H25FN4. The largest absolute Gasteiger partial charge is 0.291 e. The number of likely N-dealkylation sites (tertiary alicyclic amines) is 1. The second kappa shape index (κ2) is 7.61. The zero-order chi connectivity index (χ0) is 18.8. The van der Waals surface area contributed by atoms with Crippen LogP contribution >= 0.6 is 0 Å². The highest BCUT2D eigenvalue weighted by molar-refractivity contribution is 5.29. The van der Waals surface area contributed by atoms with Gasteiger partial charge in [0.2, 0.25) is 0 Å². The predicted molar refractivity (Wildman–Crippen MR) is 104 cm³/mol. The van der Waals surface area contributed by atoms with Crippen LogP contribution in [0.4, 0.5) is 4.39 Å². The highest BCUT2D eigenvalue weighted by atomic mass is 19.1. The lowest BCUT2D eigenvalue weighted by atomic mass is 10.1. The van der Waals surface area contributed by atoms with E-state index in [-0.39, 0.29) is 5.82 Å². The molecule has 1 atom stereocenters. The van der Waals surface area contributed by atoms with Crippen molar-refractivity contribution in [1.29, 1.82) is 0 Å². The first-order chi connectivity index (χ1) is 13.1. The standard InChI is InChI=1S/C22H25FN4/c1-16(2)22-24-12-14-27(22)21-7-3-5-19(25-21)20-6-4-13-26(20)15-17-8-10-18(23)11-9-17/h3,5,7-12,14,16,20H,4,6,13,15H2,1-2H3. The summed E-state index contributed by atoms with van der Waals surface area (Å²) in [5.41, 5.74) is 2.23. The summed E-state index contributed by atoms with van der Waals surface area (Å²) in [6.07, 6.45) is 6.06. The van der Waals surface area contributed by atoms with Gasteiger partial charge in [-0.2, -0.15) is 0 Å². The van der Waals surface area contributed by atoms with Gasteiger partial charge in [0.1, 0.15) is 17.5 Å². The lowest BCUT2D eigenvalue weighted by Crippen LogP contribution is -2.23. The normalized spacial score (nSPS) is 17.7. The van der Waals surface area contributed by atoms with E-state index in [1.54, 1.807) is 0 Å². The van der Waals surface area contributed by atoms with Gasteiger partial charge < -0.3 is 0 Å². The summed E-state index contributed by atoms with van der Waals surface area (Å²) < 4.78 is 15.3. The van der Waals surface area contributed by atoms with Crippen molar-refractivity contribution in [3.63, 3.8) is 0 Å². The molecule has 4 nitrogen and oxygen atoms in total.